The van der Waals surface area contributed by atoms with Crippen molar-refractivity contribution in [1.29, 1.82) is 0 Å². The molecule has 2 heteroatoms. The largest absolute Gasteiger partial charge is 0.207 e. The molecule has 0 saturated carbocycles. The Morgan fingerprint density at radius 3 is 2.80 bits per heavy atom. The predicted octanol–water partition coefficient (Wildman–Crippen LogP) is 2.81. The lowest BCUT2D eigenvalue weighted by atomic mass is 10.2. The van der Waals surface area contributed by atoms with Crippen LogP contribution in [0.4, 0.5) is 8.78 Å². The molecular weight excluding hydrogens is 134 g/mol. The van der Waals surface area contributed by atoms with Gasteiger partial charge in [0.1, 0.15) is 5.83 Å². The summed E-state index contributed by atoms with van der Waals surface area (Å²) >= 11 is 0. The third-order valence-corrected chi connectivity index (χ3v) is 1.18. The number of rotatable bonds is 0. The molecule has 0 bridgehead atoms. The van der Waals surface area contributed by atoms with Gasteiger partial charge in [-0.05, 0) is 24.6 Å². The molecule has 0 N–H and O–H groups in total. The minimum Gasteiger partial charge on any atom is -0.207 e. The first-order valence-corrected chi connectivity index (χ1v) is 2.87. The van der Waals surface area contributed by atoms with Crippen LogP contribution in [0.1, 0.15) is 6.92 Å². The third-order valence-electron chi connectivity index (χ3n) is 1.18. The van der Waals surface area contributed by atoms with Crippen LogP contribution in [-0.2, 0) is 0 Å². The lowest BCUT2D eigenvalue weighted by Crippen LogP contribution is -1.74. The Balaban J connectivity index is 3.08. The lowest BCUT2D eigenvalue weighted by molar-refractivity contribution is 0.624. The van der Waals surface area contributed by atoms with Gasteiger partial charge in [0.25, 0.3) is 0 Å². The van der Waals surface area contributed by atoms with Crippen molar-refractivity contribution in [2.75, 3.05) is 0 Å². The van der Waals surface area contributed by atoms with Gasteiger partial charge in [0.05, 0.1) is 0 Å². The van der Waals surface area contributed by atoms with E-state index in [4.69, 9.17) is 0 Å². The Morgan fingerprint density at radius 1 is 1.40 bits per heavy atom. The second-order valence-corrected chi connectivity index (χ2v) is 2.00. The van der Waals surface area contributed by atoms with Crippen LogP contribution in [0.2, 0.25) is 0 Å². The molecule has 0 amide bonds. The first-order chi connectivity index (χ1) is 4.70. The highest BCUT2D eigenvalue weighted by atomic mass is 19.1. The van der Waals surface area contributed by atoms with E-state index < -0.39 is 11.7 Å². The molecule has 0 aliphatic heterocycles. The molecule has 0 aromatic heterocycles. The van der Waals surface area contributed by atoms with Gasteiger partial charge in [-0.3, -0.25) is 0 Å². The maximum Gasteiger partial charge on any atom is 0.168 e. The van der Waals surface area contributed by atoms with Crippen molar-refractivity contribution in [3.8, 4) is 0 Å². The van der Waals surface area contributed by atoms with E-state index >= 15 is 0 Å². The van der Waals surface area contributed by atoms with Crippen LogP contribution in [0.5, 0.6) is 0 Å². The molecule has 1 aliphatic carbocycles. The van der Waals surface area contributed by atoms with Crippen molar-refractivity contribution in [2.45, 2.75) is 6.92 Å². The summed E-state index contributed by atoms with van der Waals surface area (Å²) in [6.45, 7) is 1.57. The van der Waals surface area contributed by atoms with E-state index in [-0.39, 0.29) is 0 Å². The minimum absolute atomic E-state index is 0.417. The molecule has 0 aromatic rings. The fraction of sp³-hybridized carbons (Fsp3) is 0.125. The zero-order valence-corrected chi connectivity index (χ0v) is 5.49. The minimum atomic E-state index is -0.675. The molecule has 0 aromatic carbocycles. The first-order valence-electron chi connectivity index (χ1n) is 2.87. The standard InChI is InChI=1S/C8H6F2/c1-6-3-2-4-7(9)5-8(6)10/h2-3,5H,1H3. The Hall–Kier alpha value is -1.14. The van der Waals surface area contributed by atoms with E-state index in [9.17, 15) is 8.78 Å². The Morgan fingerprint density at radius 2 is 2.10 bits per heavy atom. The lowest BCUT2D eigenvalue weighted by Gasteiger charge is -1.90. The van der Waals surface area contributed by atoms with Crippen LogP contribution in [0, 0.1) is 0 Å². The van der Waals surface area contributed by atoms with E-state index in [0.717, 1.165) is 6.08 Å². The number of hydrogen-bond acceptors (Lipinski definition) is 0. The van der Waals surface area contributed by atoms with Gasteiger partial charge in [-0.1, -0.05) is 5.73 Å². The zero-order chi connectivity index (χ0) is 7.56. The molecule has 10 heavy (non-hydrogen) atoms. The van der Waals surface area contributed by atoms with Crippen molar-refractivity contribution >= 4 is 0 Å². The second-order valence-electron chi connectivity index (χ2n) is 2.00. The van der Waals surface area contributed by atoms with E-state index in [1.165, 1.54) is 12.2 Å². The summed E-state index contributed by atoms with van der Waals surface area (Å²) < 4.78 is 24.9. The van der Waals surface area contributed by atoms with E-state index in [1.54, 1.807) is 6.92 Å². The summed E-state index contributed by atoms with van der Waals surface area (Å²) in [5.74, 6) is -1.22. The molecule has 0 saturated heterocycles. The molecule has 0 spiro atoms. The molecule has 1 rings (SSSR count). The molecule has 1 aliphatic rings. The Bertz CT molecular complexity index is 263. The first kappa shape index (κ1) is 6.97. The smallest absolute Gasteiger partial charge is 0.168 e. The van der Waals surface area contributed by atoms with Gasteiger partial charge >= 0.3 is 0 Å². The van der Waals surface area contributed by atoms with Crippen molar-refractivity contribution in [3.63, 3.8) is 0 Å². The topological polar surface area (TPSA) is 0 Å². The average Bonchev–Trinajstić information content (AvgIpc) is 1.96. The Labute approximate surface area is 57.9 Å². The van der Waals surface area contributed by atoms with E-state index in [0.29, 0.717) is 5.57 Å². The predicted molar refractivity (Wildman–Crippen MR) is 35.7 cm³/mol. The molecule has 0 atom stereocenters. The summed E-state index contributed by atoms with van der Waals surface area (Å²) in [5, 5.41) is 0. The van der Waals surface area contributed by atoms with Crippen LogP contribution in [0.15, 0.2) is 41.2 Å². The molecule has 0 nitrogen and oxygen atoms in total. The van der Waals surface area contributed by atoms with Crippen LogP contribution in [0.3, 0.4) is 0 Å². The van der Waals surface area contributed by atoms with Crippen LogP contribution >= 0.6 is 0 Å². The highest BCUT2D eigenvalue weighted by Crippen LogP contribution is 2.15. The monoisotopic (exact) mass is 140 g/mol. The van der Waals surface area contributed by atoms with Crippen molar-refractivity contribution in [1.82, 2.24) is 0 Å². The molecule has 52 valence electrons. The van der Waals surface area contributed by atoms with Crippen molar-refractivity contribution < 1.29 is 8.78 Å². The number of allylic oxidation sites excluding steroid dienone is 5. The normalized spacial score (nSPS) is 17.3. The summed E-state index contributed by atoms with van der Waals surface area (Å²) in [7, 11) is 0. The number of halogens is 2. The maximum atomic E-state index is 12.6. The summed E-state index contributed by atoms with van der Waals surface area (Å²) in [6.07, 6.45) is 3.64. The molecular formula is C8H6F2. The summed E-state index contributed by atoms with van der Waals surface area (Å²) in [4.78, 5) is 0. The molecule has 0 heterocycles. The van der Waals surface area contributed by atoms with Gasteiger partial charge < -0.3 is 0 Å². The van der Waals surface area contributed by atoms with Gasteiger partial charge in [0.2, 0.25) is 0 Å². The van der Waals surface area contributed by atoms with Crippen molar-refractivity contribution in [3.05, 3.63) is 41.2 Å². The van der Waals surface area contributed by atoms with Crippen LogP contribution < -0.4 is 0 Å². The Kier molecular flexibility index (Phi) is 1.83. The van der Waals surface area contributed by atoms with Gasteiger partial charge in [0, 0.05) is 6.08 Å². The SMILES string of the molecule is CC1=CC=C=C(F)C=C1F. The van der Waals surface area contributed by atoms with Gasteiger partial charge in [-0.25, -0.2) is 4.39 Å². The van der Waals surface area contributed by atoms with Crippen molar-refractivity contribution in [2.24, 2.45) is 0 Å². The van der Waals surface area contributed by atoms with Gasteiger partial charge in [-0.15, -0.1) is 0 Å². The van der Waals surface area contributed by atoms with E-state index in [2.05, 4.69) is 5.73 Å². The van der Waals surface area contributed by atoms with Crippen LogP contribution in [0.25, 0.3) is 0 Å². The van der Waals surface area contributed by atoms with Gasteiger partial charge in [0.15, 0.2) is 5.83 Å². The maximum absolute atomic E-state index is 12.6. The number of hydrogen-bond donors (Lipinski definition) is 0. The quantitative estimate of drug-likeness (QED) is 0.454. The molecule has 0 fully saturated rings. The fourth-order valence-electron chi connectivity index (χ4n) is 0.593. The summed E-state index contributed by atoms with van der Waals surface area (Å²) in [5.41, 5.74) is 2.65. The zero-order valence-electron chi connectivity index (χ0n) is 5.49. The van der Waals surface area contributed by atoms with Gasteiger partial charge in [-0.2, -0.15) is 4.39 Å². The molecule has 0 unspecified atom stereocenters. The van der Waals surface area contributed by atoms with Crippen LogP contribution in [-0.4, -0.2) is 0 Å². The average molecular weight is 140 g/mol. The summed E-state index contributed by atoms with van der Waals surface area (Å²) in [6, 6.07) is 0. The fourth-order valence-corrected chi connectivity index (χ4v) is 0.593. The molecule has 0 radical (unpaired) electrons. The van der Waals surface area contributed by atoms with E-state index in [1.807, 2.05) is 0 Å². The third kappa shape index (κ3) is 1.42. The second kappa shape index (κ2) is 2.63. The highest BCUT2D eigenvalue weighted by Gasteiger charge is 2.00. The highest BCUT2D eigenvalue weighted by molar-refractivity contribution is 5.34.